The normalized spacial score (nSPS) is 14.2. The topological polar surface area (TPSA) is 157 Å². The Morgan fingerprint density at radius 1 is 0.850 bits per heavy atom. The zero-order chi connectivity index (χ0) is 28.3. The fourth-order valence-corrected chi connectivity index (χ4v) is 5.57. The molecule has 14 heteroatoms. The van der Waals surface area contributed by atoms with Crippen molar-refractivity contribution in [3.63, 3.8) is 0 Å². The zero-order valence-electron chi connectivity index (χ0n) is 21.2. The summed E-state index contributed by atoms with van der Waals surface area (Å²) < 4.78 is 30.0. The number of anilines is 2. The first-order valence-electron chi connectivity index (χ1n) is 12.3. The Kier molecular flexibility index (Phi) is 7.44. The summed E-state index contributed by atoms with van der Waals surface area (Å²) >= 11 is 0. The van der Waals surface area contributed by atoms with Crippen LogP contribution in [0.3, 0.4) is 0 Å². The second-order valence-corrected chi connectivity index (χ2v) is 10.9. The van der Waals surface area contributed by atoms with E-state index < -0.39 is 19.9 Å². The Morgan fingerprint density at radius 3 is 2.30 bits per heavy atom. The Morgan fingerprint density at radius 2 is 1.60 bits per heavy atom. The first-order valence-corrected chi connectivity index (χ1v) is 13.8. The third-order valence-electron chi connectivity index (χ3n) is 6.54. The van der Waals surface area contributed by atoms with Crippen LogP contribution in [0.15, 0.2) is 90.0 Å². The molecule has 0 radical (unpaired) electrons. The number of sulfonamides is 1. The van der Waals surface area contributed by atoms with Gasteiger partial charge < -0.3 is 4.90 Å². The van der Waals surface area contributed by atoms with Gasteiger partial charge in [-0.15, -0.1) is 5.10 Å². The first-order chi connectivity index (χ1) is 19.2. The maximum absolute atomic E-state index is 13.0. The largest absolute Gasteiger partial charge is 0.363 e. The third kappa shape index (κ3) is 5.92. The number of rotatable bonds is 9. The predicted octanol–water partition coefficient (Wildman–Crippen LogP) is 3.81. The Bertz CT molecular complexity index is 1650. The number of nitrogens with one attached hydrogen (secondary N) is 1. The number of nitro benzene ring substituents is 2. The van der Waals surface area contributed by atoms with E-state index >= 15 is 0 Å². The predicted molar refractivity (Wildman–Crippen MR) is 148 cm³/mol. The van der Waals surface area contributed by atoms with Crippen molar-refractivity contribution in [3.05, 3.63) is 111 Å². The molecular formula is C26H25N7O6S. The molecule has 1 aliphatic heterocycles. The van der Waals surface area contributed by atoms with Gasteiger partial charge in [0.15, 0.2) is 5.82 Å². The van der Waals surface area contributed by atoms with E-state index in [0.717, 1.165) is 17.3 Å². The lowest BCUT2D eigenvalue weighted by Crippen LogP contribution is -2.46. The van der Waals surface area contributed by atoms with Crippen molar-refractivity contribution in [3.8, 4) is 5.69 Å². The molecule has 1 aromatic heterocycles. The van der Waals surface area contributed by atoms with E-state index in [1.54, 1.807) is 12.3 Å². The van der Waals surface area contributed by atoms with Crippen molar-refractivity contribution < 1.29 is 18.3 Å². The number of hydrogen-bond donors (Lipinski definition) is 1. The van der Waals surface area contributed by atoms with Crippen LogP contribution in [0.2, 0.25) is 0 Å². The van der Waals surface area contributed by atoms with Crippen LogP contribution >= 0.6 is 0 Å². The van der Waals surface area contributed by atoms with Crippen molar-refractivity contribution in [2.45, 2.75) is 11.4 Å². The van der Waals surface area contributed by atoms with Crippen LogP contribution < -0.4 is 9.62 Å². The van der Waals surface area contributed by atoms with E-state index in [1.165, 1.54) is 35.0 Å². The summed E-state index contributed by atoms with van der Waals surface area (Å²) in [6.07, 6.45) is 1.61. The van der Waals surface area contributed by atoms with Gasteiger partial charge in [-0.3, -0.25) is 29.9 Å². The first kappa shape index (κ1) is 26.8. The van der Waals surface area contributed by atoms with Crippen molar-refractivity contribution in [2.24, 2.45) is 0 Å². The van der Waals surface area contributed by atoms with E-state index in [-0.39, 0.29) is 22.1 Å². The standard InChI is InChI=1S/C26H25N7O6S/c34-32(35)22-8-4-5-20(17-22)19-29-13-15-30(16-14-29)24-10-9-23(18-25(24)33(36)37)40(38,39)28-26-11-12-31(27-26)21-6-2-1-3-7-21/h1-12,17-18H,13-16,19H2,(H,27,28). The molecule has 1 fully saturated rings. The van der Waals surface area contributed by atoms with Crippen LogP contribution in [-0.2, 0) is 16.6 Å². The summed E-state index contributed by atoms with van der Waals surface area (Å²) in [5.41, 5.74) is 1.60. The molecule has 1 saturated heterocycles. The van der Waals surface area contributed by atoms with E-state index in [0.29, 0.717) is 38.4 Å². The maximum atomic E-state index is 13.0. The smallest absolute Gasteiger partial charge is 0.293 e. The van der Waals surface area contributed by atoms with E-state index in [2.05, 4.69) is 14.7 Å². The minimum absolute atomic E-state index is 0.0286. The number of non-ortho nitro benzene ring substituents is 1. The number of benzene rings is 3. The highest BCUT2D eigenvalue weighted by molar-refractivity contribution is 7.92. The number of nitrogens with zero attached hydrogens (tertiary/aromatic N) is 6. The molecule has 5 rings (SSSR count). The fraction of sp³-hybridized carbons (Fsp3) is 0.192. The molecule has 3 aromatic carbocycles. The SMILES string of the molecule is O=[N+]([O-])c1cccc(CN2CCN(c3ccc(S(=O)(=O)Nc4ccn(-c5ccccc5)n4)cc3[N+](=O)[O-])CC2)c1. The van der Waals surface area contributed by atoms with Gasteiger partial charge in [0.1, 0.15) is 5.69 Å². The van der Waals surface area contributed by atoms with Gasteiger partial charge in [-0.2, -0.15) is 0 Å². The fourth-order valence-electron chi connectivity index (χ4n) is 4.56. The minimum Gasteiger partial charge on any atom is -0.363 e. The molecule has 206 valence electrons. The van der Waals surface area contributed by atoms with Gasteiger partial charge in [0.05, 0.1) is 20.4 Å². The highest BCUT2D eigenvalue weighted by Gasteiger charge is 2.27. The van der Waals surface area contributed by atoms with E-state index in [1.807, 2.05) is 41.3 Å². The number of aromatic nitrogens is 2. The highest BCUT2D eigenvalue weighted by Crippen LogP contribution is 2.32. The molecule has 0 atom stereocenters. The number of hydrogen-bond acceptors (Lipinski definition) is 9. The summed E-state index contributed by atoms with van der Waals surface area (Å²) in [5, 5.41) is 27.2. The Balaban J connectivity index is 1.28. The van der Waals surface area contributed by atoms with Crippen molar-refractivity contribution in [1.82, 2.24) is 14.7 Å². The second-order valence-electron chi connectivity index (χ2n) is 9.18. The summed E-state index contributed by atoms with van der Waals surface area (Å²) in [6.45, 7) is 2.60. The molecule has 0 bridgehead atoms. The van der Waals surface area contributed by atoms with E-state index in [9.17, 15) is 28.6 Å². The van der Waals surface area contributed by atoms with Crippen LogP contribution in [0.25, 0.3) is 5.69 Å². The summed E-state index contributed by atoms with van der Waals surface area (Å²) in [6, 6.07) is 21.0. The van der Waals surface area contributed by atoms with Crippen LogP contribution in [0.5, 0.6) is 0 Å². The van der Waals surface area contributed by atoms with Crippen LogP contribution in [0.4, 0.5) is 22.9 Å². The summed E-state index contributed by atoms with van der Waals surface area (Å²) in [4.78, 5) is 25.7. The van der Waals surface area contributed by atoms with E-state index in [4.69, 9.17) is 0 Å². The zero-order valence-corrected chi connectivity index (χ0v) is 22.0. The summed E-state index contributed by atoms with van der Waals surface area (Å²) in [5.74, 6) is 0.0791. The number of nitro groups is 2. The Labute approximate surface area is 229 Å². The quantitative estimate of drug-likeness (QED) is 0.236. The molecule has 40 heavy (non-hydrogen) atoms. The van der Waals surface area contributed by atoms with Gasteiger partial charge in [-0.1, -0.05) is 30.3 Å². The van der Waals surface area contributed by atoms with Crippen molar-refractivity contribution in [1.29, 1.82) is 0 Å². The molecule has 1 N–H and O–H groups in total. The minimum atomic E-state index is -4.14. The van der Waals surface area contributed by atoms with Crippen molar-refractivity contribution in [2.75, 3.05) is 35.8 Å². The molecule has 0 spiro atoms. The number of piperazine rings is 1. The van der Waals surface area contributed by atoms with Gasteiger partial charge in [0.2, 0.25) is 0 Å². The molecule has 13 nitrogen and oxygen atoms in total. The average Bonchev–Trinajstić information content (AvgIpc) is 3.41. The van der Waals surface area contributed by atoms with Crippen LogP contribution in [0, 0.1) is 20.2 Å². The summed E-state index contributed by atoms with van der Waals surface area (Å²) in [7, 11) is -4.14. The Hall–Kier alpha value is -4.82. The lowest BCUT2D eigenvalue weighted by Gasteiger charge is -2.35. The second kappa shape index (κ2) is 11.1. The highest BCUT2D eigenvalue weighted by atomic mass is 32.2. The molecule has 0 aliphatic carbocycles. The average molecular weight is 564 g/mol. The molecule has 2 heterocycles. The maximum Gasteiger partial charge on any atom is 0.293 e. The molecule has 4 aromatic rings. The van der Waals surface area contributed by atoms with Gasteiger partial charge in [-0.25, -0.2) is 13.1 Å². The van der Waals surface area contributed by atoms with Gasteiger partial charge >= 0.3 is 0 Å². The van der Waals surface area contributed by atoms with Gasteiger partial charge in [0, 0.05) is 63.2 Å². The van der Waals surface area contributed by atoms with Crippen LogP contribution in [0.1, 0.15) is 5.56 Å². The monoisotopic (exact) mass is 563 g/mol. The van der Waals surface area contributed by atoms with Gasteiger partial charge in [-0.05, 0) is 29.8 Å². The lowest BCUT2D eigenvalue weighted by atomic mass is 10.1. The van der Waals surface area contributed by atoms with Crippen LogP contribution in [-0.4, -0.2) is 59.1 Å². The third-order valence-corrected chi connectivity index (χ3v) is 7.90. The van der Waals surface area contributed by atoms with Gasteiger partial charge in [0.25, 0.3) is 21.4 Å². The van der Waals surface area contributed by atoms with Crippen molar-refractivity contribution >= 4 is 32.9 Å². The molecule has 0 amide bonds. The molecule has 0 unspecified atom stereocenters. The lowest BCUT2D eigenvalue weighted by molar-refractivity contribution is -0.385. The molecular weight excluding hydrogens is 538 g/mol. The number of para-hydroxylation sites is 1. The molecule has 0 saturated carbocycles. The molecule has 1 aliphatic rings.